The number of ether oxygens (including phenoxy) is 1. The SMILES string of the molecule is COC(=O)C(C)(C)Cn1c(C)nc2c(N)nc3ccccc3c21. The highest BCUT2D eigenvalue weighted by atomic mass is 16.5. The molecule has 2 aromatic heterocycles. The third-order valence-electron chi connectivity index (χ3n) is 4.09. The number of carbonyl (C=O) groups excluding carboxylic acids is 1. The van der Waals surface area contributed by atoms with Crippen LogP contribution in [0.4, 0.5) is 5.82 Å². The Bertz CT molecular complexity index is 912. The number of benzene rings is 1. The lowest BCUT2D eigenvalue weighted by molar-refractivity contribution is -0.151. The summed E-state index contributed by atoms with van der Waals surface area (Å²) in [4.78, 5) is 21.0. The van der Waals surface area contributed by atoms with Gasteiger partial charge in [0, 0.05) is 11.9 Å². The predicted molar refractivity (Wildman–Crippen MR) is 90.0 cm³/mol. The quantitative estimate of drug-likeness (QED) is 0.752. The minimum atomic E-state index is -0.674. The Balaban J connectivity index is 2.29. The maximum Gasteiger partial charge on any atom is 0.313 e. The molecule has 0 saturated heterocycles. The third-order valence-corrected chi connectivity index (χ3v) is 4.09. The summed E-state index contributed by atoms with van der Waals surface area (Å²) >= 11 is 0. The third kappa shape index (κ3) is 2.40. The second-order valence-electron chi connectivity index (χ2n) is 6.33. The summed E-state index contributed by atoms with van der Waals surface area (Å²) in [6.45, 7) is 6.07. The molecule has 0 saturated carbocycles. The number of anilines is 1. The number of nitrogens with zero attached hydrogens (tertiary/aromatic N) is 3. The summed E-state index contributed by atoms with van der Waals surface area (Å²) in [5.74, 6) is 0.934. The zero-order valence-electron chi connectivity index (χ0n) is 13.8. The van der Waals surface area contributed by atoms with Crippen LogP contribution in [0.15, 0.2) is 24.3 Å². The van der Waals surface area contributed by atoms with Crippen molar-refractivity contribution in [3.8, 4) is 0 Å². The molecule has 0 unspecified atom stereocenters. The number of nitrogens with two attached hydrogens (primary N) is 1. The van der Waals surface area contributed by atoms with Crippen molar-refractivity contribution < 1.29 is 9.53 Å². The summed E-state index contributed by atoms with van der Waals surface area (Å²) in [6, 6.07) is 7.79. The molecule has 0 fully saturated rings. The topological polar surface area (TPSA) is 83.0 Å². The number of methoxy groups -OCH3 is 1. The number of aryl methyl sites for hydroxylation is 1. The molecule has 6 heteroatoms. The zero-order chi connectivity index (χ0) is 16.8. The fourth-order valence-electron chi connectivity index (χ4n) is 2.90. The summed E-state index contributed by atoms with van der Waals surface area (Å²) < 4.78 is 6.94. The van der Waals surface area contributed by atoms with Crippen molar-refractivity contribution in [3.05, 3.63) is 30.1 Å². The number of imidazole rings is 1. The normalized spacial score (nSPS) is 12.0. The molecule has 0 radical (unpaired) electrons. The fraction of sp³-hybridized carbons (Fsp3) is 0.353. The average Bonchev–Trinajstić information content (AvgIpc) is 2.84. The molecule has 0 aliphatic rings. The van der Waals surface area contributed by atoms with Crippen molar-refractivity contribution in [2.75, 3.05) is 12.8 Å². The Kier molecular flexibility index (Phi) is 3.47. The summed E-state index contributed by atoms with van der Waals surface area (Å²) in [5.41, 5.74) is 7.79. The van der Waals surface area contributed by atoms with Gasteiger partial charge in [-0.3, -0.25) is 4.79 Å². The van der Waals surface area contributed by atoms with E-state index in [4.69, 9.17) is 10.5 Å². The number of hydrogen-bond acceptors (Lipinski definition) is 5. The standard InChI is InChI=1S/C17H20N4O2/c1-10-19-13-14(21(10)9-17(2,3)16(22)23-4)11-7-5-6-8-12(11)20-15(13)18/h5-8H,9H2,1-4H3,(H2,18,20). The highest BCUT2D eigenvalue weighted by Crippen LogP contribution is 2.31. The number of para-hydroxylation sites is 1. The van der Waals surface area contributed by atoms with Gasteiger partial charge in [-0.05, 0) is 26.8 Å². The maximum atomic E-state index is 12.0. The van der Waals surface area contributed by atoms with Crippen LogP contribution in [0.3, 0.4) is 0 Å². The van der Waals surface area contributed by atoms with Gasteiger partial charge in [-0.25, -0.2) is 9.97 Å². The molecule has 120 valence electrons. The van der Waals surface area contributed by atoms with E-state index in [1.165, 1.54) is 7.11 Å². The lowest BCUT2D eigenvalue weighted by Crippen LogP contribution is -2.31. The van der Waals surface area contributed by atoms with Gasteiger partial charge in [0.15, 0.2) is 5.82 Å². The van der Waals surface area contributed by atoms with Crippen LogP contribution in [-0.2, 0) is 16.1 Å². The lowest BCUT2D eigenvalue weighted by Gasteiger charge is -2.23. The lowest BCUT2D eigenvalue weighted by atomic mass is 9.93. The smallest absolute Gasteiger partial charge is 0.313 e. The van der Waals surface area contributed by atoms with Crippen molar-refractivity contribution in [3.63, 3.8) is 0 Å². The summed E-state index contributed by atoms with van der Waals surface area (Å²) in [7, 11) is 1.40. The van der Waals surface area contributed by atoms with Crippen molar-refractivity contribution in [2.24, 2.45) is 5.41 Å². The highest BCUT2D eigenvalue weighted by Gasteiger charge is 2.31. The van der Waals surface area contributed by atoms with E-state index in [9.17, 15) is 4.79 Å². The van der Waals surface area contributed by atoms with Gasteiger partial charge in [0.05, 0.1) is 23.6 Å². The zero-order valence-corrected chi connectivity index (χ0v) is 13.8. The Morgan fingerprint density at radius 2 is 2.00 bits per heavy atom. The molecule has 0 amide bonds. The van der Waals surface area contributed by atoms with E-state index >= 15 is 0 Å². The monoisotopic (exact) mass is 312 g/mol. The second-order valence-corrected chi connectivity index (χ2v) is 6.33. The molecule has 0 aliphatic carbocycles. The molecule has 0 aliphatic heterocycles. The molecule has 0 atom stereocenters. The molecule has 2 N–H and O–H groups in total. The van der Waals surface area contributed by atoms with Gasteiger partial charge in [0.25, 0.3) is 0 Å². The average molecular weight is 312 g/mol. The van der Waals surface area contributed by atoms with Crippen LogP contribution in [0, 0.1) is 12.3 Å². The van der Waals surface area contributed by atoms with Gasteiger partial charge in [-0.1, -0.05) is 18.2 Å². The van der Waals surface area contributed by atoms with Crippen molar-refractivity contribution in [2.45, 2.75) is 27.3 Å². The first-order valence-corrected chi connectivity index (χ1v) is 7.44. The molecule has 2 heterocycles. The number of hydrogen-bond donors (Lipinski definition) is 1. The first-order valence-electron chi connectivity index (χ1n) is 7.44. The molecule has 0 bridgehead atoms. The number of rotatable bonds is 3. The number of pyridine rings is 1. The highest BCUT2D eigenvalue weighted by molar-refractivity contribution is 6.06. The van der Waals surface area contributed by atoms with E-state index in [1.807, 2.05) is 49.6 Å². The van der Waals surface area contributed by atoms with Crippen LogP contribution in [0.2, 0.25) is 0 Å². The van der Waals surface area contributed by atoms with E-state index in [1.54, 1.807) is 0 Å². The van der Waals surface area contributed by atoms with Crippen LogP contribution >= 0.6 is 0 Å². The van der Waals surface area contributed by atoms with Crippen molar-refractivity contribution in [1.29, 1.82) is 0 Å². The van der Waals surface area contributed by atoms with Crippen LogP contribution in [-0.4, -0.2) is 27.6 Å². The molecule has 3 aromatic rings. The van der Waals surface area contributed by atoms with Gasteiger partial charge in [-0.2, -0.15) is 0 Å². The van der Waals surface area contributed by atoms with Crippen LogP contribution in [0.5, 0.6) is 0 Å². The number of aromatic nitrogens is 3. The minimum Gasteiger partial charge on any atom is -0.469 e. The van der Waals surface area contributed by atoms with Gasteiger partial charge in [-0.15, -0.1) is 0 Å². The van der Waals surface area contributed by atoms with Crippen molar-refractivity contribution in [1.82, 2.24) is 14.5 Å². The van der Waals surface area contributed by atoms with E-state index < -0.39 is 5.41 Å². The number of nitrogen functional groups attached to an aromatic ring is 1. The van der Waals surface area contributed by atoms with Gasteiger partial charge >= 0.3 is 5.97 Å². The van der Waals surface area contributed by atoms with Gasteiger partial charge in [0.1, 0.15) is 11.3 Å². The predicted octanol–water partition coefficient (Wildman–Crippen LogP) is 2.67. The summed E-state index contributed by atoms with van der Waals surface area (Å²) in [6.07, 6.45) is 0. The van der Waals surface area contributed by atoms with E-state index in [-0.39, 0.29) is 5.97 Å². The number of esters is 1. The summed E-state index contributed by atoms with van der Waals surface area (Å²) in [5, 5.41) is 0.970. The van der Waals surface area contributed by atoms with E-state index in [2.05, 4.69) is 9.97 Å². The van der Waals surface area contributed by atoms with E-state index in [0.717, 1.165) is 22.2 Å². The van der Waals surface area contributed by atoms with Gasteiger partial charge in [0.2, 0.25) is 0 Å². The number of carbonyl (C=O) groups is 1. The number of fused-ring (bicyclic) bond motifs is 3. The Hall–Kier alpha value is -2.63. The molecular weight excluding hydrogens is 292 g/mol. The Labute approximate surface area is 134 Å². The van der Waals surface area contributed by atoms with Crippen molar-refractivity contribution >= 4 is 33.7 Å². The molecule has 3 rings (SSSR count). The largest absolute Gasteiger partial charge is 0.469 e. The first kappa shape index (κ1) is 15.3. The molecule has 6 nitrogen and oxygen atoms in total. The van der Waals surface area contributed by atoms with Crippen LogP contribution < -0.4 is 5.73 Å². The first-order chi connectivity index (χ1) is 10.8. The minimum absolute atomic E-state index is 0.259. The van der Waals surface area contributed by atoms with Crippen LogP contribution in [0.25, 0.3) is 21.9 Å². The second kappa shape index (κ2) is 5.22. The van der Waals surface area contributed by atoms with E-state index in [0.29, 0.717) is 17.9 Å². The maximum absolute atomic E-state index is 12.0. The van der Waals surface area contributed by atoms with Gasteiger partial charge < -0.3 is 15.0 Å². The molecule has 0 spiro atoms. The Morgan fingerprint density at radius 3 is 2.70 bits per heavy atom. The van der Waals surface area contributed by atoms with Crippen LogP contribution in [0.1, 0.15) is 19.7 Å². The molecular formula is C17H20N4O2. The fourth-order valence-corrected chi connectivity index (χ4v) is 2.90. The molecule has 1 aromatic carbocycles. The molecule has 23 heavy (non-hydrogen) atoms. The Morgan fingerprint density at radius 1 is 1.30 bits per heavy atom.